The molecule has 1 saturated heterocycles. The second kappa shape index (κ2) is 7.84. The van der Waals surface area contributed by atoms with Gasteiger partial charge in [-0.2, -0.15) is 0 Å². The van der Waals surface area contributed by atoms with Crippen molar-refractivity contribution in [2.75, 3.05) is 13.1 Å². The molecule has 2 rings (SSSR count). The van der Waals surface area contributed by atoms with Crippen molar-refractivity contribution in [3.63, 3.8) is 0 Å². The number of likely N-dealkylation sites (tertiary alicyclic amines) is 1. The van der Waals surface area contributed by atoms with E-state index in [1.807, 2.05) is 4.90 Å². The second-order valence-electron chi connectivity index (χ2n) is 5.59. The fourth-order valence-corrected chi connectivity index (χ4v) is 3.06. The second-order valence-corrected chi connectivity index (χ2v) is 6.43. The van der Waals surface area contributed by atoms with Crippen LogP contribution in [0.4, 0.5) is 0 Å². The number of carbonyl (C=O) groups is 2. The van der Waals surface area contributed by atoms with Crippen LogP contribution in [0.3, 0.4) is 0 Å². The summed E-state index contributed by atoms with van der Waals surface area (Å²) in [7, 11) is 0. The maximum absolute atomic E-state index is 12.3. The van der Waals surface area contributed by atoms with Crippen LogP contribution in [0.5, 0.6) is 0 Å². The molecule has 0 aliphatic carbocycles. The maximum Gasteiger partial charge on any atom is 0.244 e. The Morgan fingerprint density at radius 3 is 2.55 bits per heavy atom. The molecule has 2 amide bonds. The Labute approximate surface area is 140 Å². The summed E-state index contributed by atoms with van der Waals surface area (Å²) in [6.07, 6.45) is 3.37. The van der Waals surface area contributed by atoms with E-state index < -0.39 is 6.04 Å². The Balaban J connectivity index is 1.89. The third-order valence-electron chi connectivity index (χ3n) is 3.78. The summed E-state index contributed by atoms with van der Waals surface area (Å²) < 4.78 is 0. The summed E-state index contributed by atoms with van der Waals surface area (Å²) in [6, 6.07) is 4.50. The SMILES string of the molecule is CC(NC(=O)Cc1ccc(Cl)cc1Cl)C(=O)N1CCCCC1. The molecule has 0 aromatic heterocycles. The molecule has 6 heteroatoms. The molecule has 0 spiro atoms. The van der Waals surface area contributed by atoms with E-state index in [0.717, 1.165) is 25.9 Å². The molecule has 120 valence electrons. The van der Waals surface area contributed by atoms with E-state index in [2.05, 4.69) is 5.32 Å². The van der Waals surface area contributed by atoms with E-state index in [1.54, 1.807) is 25.1 Å². The van der Waals surface area contributed by atoms with Gasteiger partial charge in [-0.3, -0.25) is 9.59 Å². The number of hydrogen-bond acceptors (Lipinski definition) is 2. The van der Waals surface area contributed by atoms with Crippen molar-refractivity contribution in [3.8, 4) is 0 Å². The molecule has 1 atom stereocenters. The van der Waals surface area contributed by atoms with Gasteiger partial charge in [0, 0.05) is 23.1 Å². The van der Waals surface area contributed by atoms with E-state index in [1.165, 1.54) is 6.42 Å². The summed E-state index contributed by atoms with van der Waals surface area (Å²) in [5.74, 6) is -0.239. The van der Waals surface area contributed by atoms with Crippen LogP contribution < -0.4 is 5.32 Å². The van der Waals surface area contributed by atoms with Gasteiger partial charge < -0.3 is 10.2 Å². The van der Waals surface area contributed by atoms with Crippen LogP contribution >= 0.6 is 23.2 Å². The van der Waals surface area contributed by atoms with Gasteiger partial charge in [0.1, 0.15) is 6.04 Å². The van der Waals surface area contributed by atoms with Gasteiger partial charge in [-0.1, -0.05) is 29.3 Å². The van der Waals surface area contributed by atoms with Gasteiger partial charge in [0.15, 0.2) is 0 Å². The highest BCUT2D eigenvalue weighted by Gasteiger charge is 2.23. The summed E-state index contributed by atoms with van der Waals surface area (Å²) in [4.78, 5) is 26.2. The number of piperidine rings is 1. The standard InChI is InChI=1S/C16H20Cl2N2O2/c1-11(16(22)20-7-3-2-4-8-20)19-15(21)9-12-5-6-13(17)10-14(12)18/h5-6,10-11H,2-4,7-9H2,1H3,(H,19,21). The van der Waals surface area contributed by atoms with Crippen molar-refractivity contribution in [1.82, 2.24) is 10.2 Å². The highest BCUT2D eigenvalue weighted by Crippen LogP contribution is 2.21. The summed E-state index contributed by atoms with van der Waals surface area (Å²) in [5, 5.41) is 3.73. The lowest BCUT2D eigenvalue weighted by atomic mass is 10.1. The van der Waals surface area contributed by atoms with Crippen LogP contribution in [-0.2, 0) is 16.0 Å². The lowest BCUT2D eigenvalue weighted by Gasteiger charge is -2.29. The molecule has 1 aromatic carbocycles. The van der Waals surface area contributed by atoms with Crippen molar-refractivity contribution in [2.45, 2.75) is 38.6 Å². The normalized spacial score (nSPS) is 16.2. The Bertz CT molecular complexity index is 557. The fourth-order valence-electron chi connectivity index (χ4n) is 2.58. The molecule has 1 N–H and O–H groups in total. The topological polar surface area (TPSA) is 49.4 Å². The van der Waals surface area contributed by atoms with E-state index >= 15 is 0 Å². The number of halogens is 2. The monoisotopic (exact) mass is 342 g/mol. The summed E-state index contributed by atoms with van der Waals surface area (Å²) >= 11 is 11.9. The third kappa shape index (κ3) is 4.62. The Hall–Kier alpha value is -1.26. The molecular formula is C16H20Cl2N2O2. The largest absolute Gasteiger partial charge is 0.344 e. The van der Waals surface area contributed by atoms with Crippen molar-refractivity contribution >= 4 is 35.0 Å². The van der Waals surface area contributed by atoms with Crippen LogP contribution in [0.1, 0.15) is 31.7 Å². The minimum atomic E-state index is -0.517. The van der Waals surface area contributed by atoms with Gasteiger partial charge >= 0.3 is 0 Å². The lowest BCUT2D eigenvalue weighted by Crippen LogP contribution is -2.48. The number of rotatable bonds is 4. The first-order valence-corrected chi connectivity index (χ1v) is 8.25. The average Bonchev–Trinajstić information content (AvgIpc) is 2.50. The van der Waals surface area contributed by atoms with Crippen molar-refractivity contribution < 1.29 is 9.59 Å². The lowest BCUT2D eigenvalue weighted by molar-refractivity contribution is -0.136. The molecular weight excluding hydrogens is 323 g/mol. The highest BCUT2D eigenvalue weighted by molar-refractivity contribution is 6.35. The van der Waals surface area contributed by atoms with Crippen LogP contribution in [0, 0.1) is 0 Å². The fraction of sp³-hybridized carbons (Fsp3) is 0.500. The van der Waals surface area contributed by atoms with Gasteiger partial charge in [0.25, 0.3) is 0 Å². The van der Waals surface area contributed by atoms with Crippen LogP contribution in [0.25, 0.3) is 0 Å². The zero-order valence-electron chi connectivity index (χ0n) is 12.6. The molecule has 0 saturated carbocycles. The number of amides is 2. The molecule has 1 aliphatic rings. The van der Waals surface area contributed by atoms with Crippen molar-refractivity contribution in [3.05, 3.63) is 33.8 Å². The number of nitrogens with one attached hydrogen (secondary N) is 1. The zero-order valence-corrected chi connectivity index (χ0v) is 14.1. The van der Waals surface area contributed by atoms with Gasteiger partial charge in [-0.25, -0.2) is 0 Å². The summed E-state index contributed by atoms with van der Waals surface area (Å²) in [5.41, 5.74) is 0.696. The van der Waals surface area contributed by atoms with Gasteiger partial charge in [-0.05, 0) is 43.9 Å². The first-order valence-electron chi connectivity index (χ1n) is 7.49. The molecule has 22 heavy (non-hydrogen) atoms. The average molecular weight is 343 g/mol. The molecule has 1 unspecified atom stereocenters. The molecule has 0 bridgehead atoms. The molecule has 1 fully saturated rings. The van der Waals surface area contributed by atoms with Crippen molar-refractivity contribution in [1.29, 1.82) is 0 Å². The van der Waals surface area contributed by atoms with E-state index in [-0.39, 0.29) is 18.2 Å². The van der Waals surface area contributed by atoms with Gasteiger partial charge in [0.05, 0.1) is 6.42 Å². The van der Waals surface area contributed by atoms with Crippen molar-refractivity contribution in [2.24, 2.45) is 0 Å². The third-order valence-corrected chi connectivity index (χ3v) is 4.37. The van der Waals surface area contributed by atoms with Gasteiger partial charge in [0.2, 0.25) is 11.8 Å². The number of hydrogen-bond donors (Lipinski definition) is 1. The Kier molecular flexibility index (Phi) is 6.09. The quantitative estimate of drug-likeness (QED) is 0.914. The number of benzene rings is 1. The molecule has 4 nitrogen and oxygen atoms in total. The first kappa shape index (κ1) is 17.1. The predicted octanol–water partition coefficient (Wildman–Crippen LogP) is 3.05. The molecule has 1 aromatic rings. The zero-order chi connectivity index (χ0) is 16.1. The van der Waals surface area contributed by atoms with E-state index in [0.29, 0.717) is 15.6 Å². The number of carbonyl (C=O) groups excluding carboxylic acids is 2. The Morgan fingerprint density at radius 2 is 1.91 bits per heavy atom. The maximum atomic E-state index is 12.3. The smallest absolute Gasteiger partial charge is 0.244 e. The minimum Gasteiger partial charge on any atom is -0.344 e. The number of nitrogens with zero attached hydrogens (tertiary/aromatic N) is 1. The van der Waals surface area contributed by atoms with Crippen LogP contribution in [-0.4, -0.2) is 35.8 Å². The first-order chi connectivity index (χ1) is 10.5. The predicted molar refractivity (Wildman–Crippen MR) is 88.2 cm³/mol. The van der Waals surface area contributed by atoms with E-state index in [4.69, 9.17) is 23.2 Å². The highest BCUT2D eigenvalue weighted by atomic mass is 35.5. The van der Waals surface area contributed by atoms with Gasteiger partial charge in [-0.15, -0.1) is 0 Å². The van der Waals surface area contributed by atoms with Crippen LogP contribution in [0.15, 0.2) is 18.2 Å². The Morgan fingerprint density at radius 1 is 1.23 bits per heavy atom. The molecule has 1 heterocycles. The van der Waals surface area contributed by atoms with E-state index in [9.17, 15) is 9.59 Å². The minimum absolute atomic E-state index is 0.0183. The summed E-state index contributed by atoms with van der Waals surface area (Å²) in [6.45, 7) is 3.28. The van der Waals surface area contributed by atoms with Crippen LogP contribution in [0.2, 0.25) is 10.0 Å². The molecule has 1 aliphatic heterocycles. The molecule has 0 radical (unpaired) electrons.